The number of unbranched alkanes of at least 4 members (excludes halogenated alkanes) is 1. The van der Waals surface area contributed by atoms with Crippen molar-refractivity contribution in [3.63, 3.8) is 0 Å². The number of hydrogen-bond acceptors (Lipinski definition) is 2. The van der Waals surface area contributed by atoms with Crippen LogP contribution in [0.3, 0.4) is 0 Å². The molecular formula is C14H21FN2O. The minimum absolute atomic E-state index is 0.107. The number of carbonyl (C=O) groups is 1. The molecule has 1 aromatic rings. The molecule has 1 aromatic carbocycles. The molecule has 0 aliphatic heterocycles. The van der Waals surface area contributed by atoms with E-state index >= 15 is 0 Å². The molecule has 0 aliphatic rings. The Balaban J connectivity index is 2.53. The summed E-state index contributed by atoms with van der Waals surface area (Å²) in [6.07, 6.45) is 2.19. The Morgan fingerprint density at radius 1 is 1.39 bits per heavy atom. The van der Waals surface area contributed by atoms with E-state index in [9.17, 15) is 9.18 Å². The fourth-order valence-electron chi connectivity index (χ4n) is 1.81. The number of nitrogens with two attached hydrogens (primary N) is 1. The first-order chi connectivity index (χ1) is 8.67. The molecule has 0 unspecified atom stereocenters. The number of rotatable bonds is 7. The van der Waals surface area contributed by atoms with Crippen LogP contribution in [0.4, 0.5) is 4.39 Å². The molecule has 0 spiro atoms. The zero-order valence-corrected chi connectivity index (χ0v) is 10.9. The van der Waals surface area contributed by atoms with E-state index in [4.69, 9.17) is 5.73 Å². The molecule has 0 radical (unpaired) electrons. The number of halogens is 1. The summed E-state index contributed by atoms with van der Waals surface area (Å²) in [5.74, 6) is -0.158. The molecule has 0 aliphatic carbocycles. The quantitative estimate of drug-likeness (QED) is 0.757. The van der Waals surface area contributed by atoms with Gasteiger partial charge in [-0.05, 0) is 44.0 Å². The van der Waals surface area contributed by atoms with Crippen LogP contribution in [-0.4, -0.2) is 23.9 Å². The van der Waals surface area contributed by atoms with Gasteiger partial charge in [-0.3, -0.25) is 4.79 Å². The molecule has 1 rings (SSSR count). The Morgan fingerprint density at radius 2 is 2.17 bits per heavy atom. The van der Waals surface area contributed by atoms with Crippen LogP contribution >= 0.6 is 0 Å². The van der Waals surface area contributed by atoms with Gasteiger partial charge >= 0.3 is 0 Å². The summed E-state index contributed by atoms with van der Waals surface area (Å²) in [4.78, 5) is 13.7. The Kier molecular flexibility index (Phi) is 6.36. The first kappa shape index (κ1) is 14.6. The highest BCUT2D eigenvalue weighted by atomic mass is 19.1. The van der Waals surface area contributed by atoms with E-state index in [2.05, 4.69) is 0 Å². The normalized spacial score (nSPS) is 10.4. The van der Waals surface area contributed by atoms with Crippen LogP contribution in [0.1, 0.15) is 31.7 Å². The molecule has 0 bridgehead atoms. The monoisotopic (exact) mass is 252 g/mol. The minimum Gasteiger partial charge on any atom is -0.339 e. The molecule has 0 atom stereocenters. The van der Waals surface area contributed by atoms with Crippen molar-refractivity contribution in [1.82, 2.24) is 4.90 Å². The van der Waals surface area contributed by atoms with E-state index in [0.29, 0.717) is 26.1 Å². The van der Waals surface area contributed by atoms with Gasteiger partial charge in [-0.25, -0.2) is 4.39 Å². The Labute approximate surface area is 108 Å². The average Bonchev–Trinajstić information content (AvgIpc) is 2.36. The predicted molar refractivity (Wildman–Crippen MR) is 70.4 cm³/mol. The lowest BCUT2D eigenvalue weighted by atomic mass is 10.1. The van der Waals surface area contributed by atoms with Gasteiger partial charge in [0.1, 0.15) is 5.82 Å². The molecule has 0 fully saturated rings. The van der Waals surface area contributed by atoms with Crippen molar-refractivity contribution in [3.8, 4) is 0 Å². The van der Waals surface area contributed by atoms with Gasteiger partial charge in [0.05, 0.1) is 0 Å². The molecule has 18 heavy (non-hydrogen) atoms. The zero-order chi connectivity index (χ0) is 13.4. The first-order valence-corrected chi connectivity index (χ1v) is 6.39. The highest BCUT2D eigenvalue weighted by Gasteiger charge is 2.11. The number of benzene rings is 1. The Morgan fingerprint density at radius 3 is 2.78 bits per heavy atom. The maximum atomic E-state index is 13.1. The molecule has 0 heterocycles. The van der Waals surface area contributed by atoms with Gasteiger partial charge in [-0.15, -0.1) is 0 Å². The third-order valence-electron chi connectivity index (χ3n) is 2.84. The lowest BCUT2D eigenvalue weighted by Crippen LogP contribution is -2.30. The summed E-state index contributed by atoms with van der Waals surface area (Å²) in [6, 6.07) is 6.37. The third-order valence-corrected chi connectivity index (χ3v) is 2.84. The van der Waals surface area contributed by atoms with Crippen LogP contribution in [0.25, 0.3) is 0 Å². The van der Waals surface area contributed by atoms with Crippen LogP contribution in [0.2, 0.25) is 0 Å². The smallest absolute Gasteiger partial charge is 0.222 e. The number of amides is 1. The molecule has 100 valence electrons. The zero-order valence-electron chi connectivity index (χ0n) is 10.9. The highest BCUT2D eigenvalue weighted by molar-refractivity contribution is 5.76. The summed E-state index contributed by atoms with van der Waals surface area (Å²) >= 11 is 0. The summed E-state index contributed by atoms with van der Waals surface area (Å²) < 4.78 is 13.1. The molecule has 0 saturated heterocycles. The van der Waals surface area contributed by atoms with Gasteiger partial charge in [-0.2, -0.15) is 0 Å². The highest BCUT2D eigenvalue weighted by Crippen LogP contribution is 2.09. The summed E-state index contributed by atoms with van der Waals surface area (Å²) in [5.41, 5.74) is 6.22. The maximum absolute atomic E-state index is 13.1. The summed E-state index contributed by atoms with van der Waals surface area (Å²) in [7, 11) is 0. The summed E-state index contributed by atoms with van der Waals surface area (Å²) in [6.45, 7) is 3.65. The SMILES string of the molecule is CCN(Cc1cccc(F)c1)C(=O)CCCCN. The van der Waals surface area contributed by atoms with Gasteiger partial charge in [0, 0.05) is 19.5 Å². The standard InChI is InChI=1S/C14H21FN2O/c1-2-17(14(18)8-3-4-9-16)11-12-6-5-7-13(15)10-12/h5-7,10H,2-4,8-9,11,16H2,1H3. The molecule has 2 N–H and O–H groups in total. The van der Waals surface area contributed by atoms with Crippen molar-refractivity contribution in [3.05, 3.63) is 35.6 Å². The van der Waals surface area contributed by atoms with Crippen LogP contribution < -0.4 is 5.73 Å². The van der Waals surface area contributed by atoms with Crippen molar-refractivity contribution in [2.75, 3.05) is 13.1 Å². The minimum atomic E-state index is -0.265. The maximum Gasteiger partial charge on any atom is 0.222 e. The topological polar surface area (TPSA) is 46.3 Å². The second kappa shape index (κ2) is 7.82. The lowest BCUT2D eigenvalue weighted by molar-refractivity contribution is -0.131. The fraction of sp³-hybridized carbons (Fsp3) is 0.500. The molecule has 0 aromatic heterocycles. The van der Waals surface area contributed by atoms with Gasteiger partial charge < -0.3 is 10.6 Å². The fourth-order valence-corrected chi connectivity index (χ4v) is 1.81. The molecule has 0 saturated carbocycles. The number of carbonyl (C=O) groups excluding carboxylic acids is 1. The van der Waals surface area contributed by atoms with Crippen LogP contribution in [0.5, 0.6) is 0 Å². The van der Waals surface area contributed by atoms with Crippen molar-refractivity contribution < 1.29 is 9.18 Å². The average molecular weight is 252 g/mol. The van der Waals surface area contributed by atoms with Crippen molar-refractivity contribution in [1.29, 1.82) is 0 Å². The second-order valence-corrected chi connectivity index (χ2v) is 4.28. The van der Waals surface area contributed by atoms with Crippen LogP contribution in [-0.2, 0) is 11.3 Å². The first-order valence-electron chi connectivity index (χ1n) is 6.39. The Hall–Kier alpha value is -1.42. The largest absolute Gasteiger partial charge is 0.339 e. The molecule has 3 nitrogen and oxygen atoms in total. The molecular weight excluding hydrogens is 231 g/mol. The van der Waals surface area contributed by atoms with E-state index in [1.807, 2.05) is 13.0 Å². The van der Waals surface area contributed by atoms with Crippen LogP contribution in [0, 0.1) is 5.82 Å². The van der Waals surface area contributed by atoms with Crippen molar-refractivity contribution >= 4 is 5.91 Å². The molecule has 4 heteroatoms. The van der Waals surface area contributed by atoms with Crippen molar-refractivity contribution in [2.45, 2.75) is 32.7 Å². The van der Waals surface area contributed by atoms with E-state index in [-0.39, 0.29) is 11.7 Å². The van der Waals surface area contributed by atoms with E-state index in [1.54, 1.807) is 11.0 Å². The predicted octanol–water partition coefficient (Wildman–Crippen LogP) is 2.30. The van der Waals surface area contributed by atoms with Gasteiger partial charge in [0.25, 0.3) is 0 Å². The van der Waals surface area contributed by atoms with E-state index < -0.39 is 0 Å². The lowest BCUT2D eigenvalue weighted by Gasteiger charge is -2.21. The van der Waals surface area contributed by atoms with Crippen LogP contribution in [0.15, 0.2) is 24.3 Å². The number of nitrogens with zero attached hydrogens (tertiary/aromatic N) is 1. The van der Waals surface area contributed by atoms with E-state index in [0.717, 1.165) is 18.4 Å². The van der Waals surface area contributed by atoms with Gasteiger partial charge in [0.2, 0.25) is 5.91 Å². The molecule has 1 amide bonds. The second-order valence-electron chi connectivity index (χ2n) is 4.28. The van der Waals surface area contributed by atoms with Gasteiger partial charge in [0.15, 0.2) is 0 Å². The summed E-state index contributed by atoms with van der Waals surface area (Å²) in [5, 5.41) is 0. The number of hydrogen-bond donors (Lipinski definition) is 1. The third kappa shape index (κ3) is 4.84. The van der Waals surface area contributed by atoms with E-state index in [1.165, 1.54) is 12.1 Å². The Bertz CT molecular complexity index is 382. The van der Waals surface area contributed by atoms with Crippen molar-refractivity contribution in [2.24, 2.45) is 5.73 Å². The van der Waals surface area contributed by atoms with Gasteiger partial charge in [-0.1, -0.05) is 12.1 Å².